The van der Waals surface area contributed by atoms with Crippen LogP contribution >= 0.6 is 11.8 Å². The SMILES string of the molecule is COCC(CNC1=NCC(C)CS1)OC. The zero-order valence-corrected chi connectivity index (χ0v) is 10.5. The molecule has 4 nitrogen and oxygen atoms in total. The number of methoxy groups -OCH3 is 2. The highest BCUT2D eigenvalue weighted by atomic mass is 32.2. The predicted octanol–water partition coefficient (Wildman–Crippen LogP) is 0.976. The van der Waals surface area contributed by atoms with Gasteiger partial charge in [-0.05, 0) is 5.92 Å². The first-order valence-corrected chi connectivity index (χ1v) is 6.17. The molecular formula is C10H20N2O2S. The number of amidine groups is 1. The number of thioether (sulfide) groups is 1. The number of ether oxygens (including phenoxy) is 2. The average molecular weight is 232 g/mol. The third-order valence-electron chi connectivity index (χ3n) is 2.22. The standard InChI is InChI=1S/C10H20N2O2S/c1-8-4-11-10(15-7-8)12-5-9(14-3)6-13-2/h8-9H,4-7H2,1-3H3,(H,11,12). The van der Waals surface area contributed by atoms with E-state index in [2.05, 4.69) is 17.2 Å². The van der Waals surface area contributed by atoms with Gasteiger partial charge in [0.1, 0.15) is 0 Å². The minimum absolute atomic E-state index is 0.0950. The van der Waals surface area contributed by atoms with Crippen LogP contribution < -0.4 is 5.32 Å². The fourth-order valence-electron chi connectivity index (χ4n) is 1.26. The minimum atomic E-state index is 0.0950. The van der Waals surface area contributed by atoms with Crippen molar-refractivity contribution in [2.45, 2.75) is 13.0 Å². The molecule has 0 bridgehead atoms. The molecule has 0 aromatic carbocycles. The fraction of sp³-hybridized carbons (Fsp3) is 0.900. The van der Waals surface area contributed by atoms with E-state index in [1.807, 2.05) is 0 Å². The molecular weight excluding hydrogens is 212 g/mol. The summed E-state index contributed by atoms with van der Waals surface area (Å²) in [5, 5.41) is 4.32. The van der Waals surface area contributed by atoms with Crippen molar-refractivity contribution in [2.75, 3.05) is 39.7 Å². The van der Waals surface area contributed by atoms with E-state index in [0.717, 1.165) is 24.0 Å². The molecule has 1 aliphatic rings. The van der Waals surface area contributed by atoms with Crippen molar-refractivity contribution in [3.8, 4) is 0 Å². The normalized spacial score (nSPS) is 23.4. The molecule has 15 heavy (non-hydrogen) atoms. The lowest BCUT2D eigenvalue weighted by Crippen LogP contribution is -2.36. The maximum absolute atomic E-state index is 5.25. The second-order valence-corrected chi connectivity index (χ2v) is 4.76. The summed E-state index contributed by atoms with van der Waals surface area (Å²) in [5.41, 5.74) is 0. The van der Waals surface area contributed by atoms with Crippen LogP contribution in [0.2, 0.25) is 0 Å². The molecule has 2 atom stereocenters. The van der Waals surface area contributed by atoms with Crippen LogP contribution in [0.1, 0.15) is 6.92 Å². The van der Waals surface area contributed by atoms with Crippen LogP contribution in [-0.2, 0) is 9.47 Å². The Bertz CT molecular complexity index is 212. The van der Waals surface area contributed by atoms with Crippen molar-refractivity contribution in [3.05, 3.63) is 0 Å². The second kappa shape index (κ2) is 7.09. The van der Waals surface area contributed by atoms with Crippen LogP contribution in [0.3, 0.4) is 0 Å². The van der Waals surface area contributed by atoms with Crippen molar-refractivity contribution in [3.63, 3.8) is 0 Å². The van der Waals surface area contributed by atoms with Crippen molar-refractivity contribution in [1.82, 2.24) is 5.32 Å². The first kappa shape index (κ1) is 12.8. The monoisotopic (exact) mass is 232 g/mol. The molecule has 1 aliphatic heterocycles. The van der Waals surface area contributed by atoms with Gasteiger partial charge in [0.05, 0.1) is 12.7 Å². The molecule has 0 aromatic heterocycles. The second-order valence-electron chi connectivity index (χ2n) is 3.76. The molecule has 1 heterocycles. The van der Waals surface area contributed by atoms with Crippen LogP contribution in [0, 0.1) is 5.92 Å². The third-order valence-corrected chi connectivity index (χ3v) is 3.50. The smallest absolute Gasteiger partial charge is 0.156 e. The molecule has 0 aliphatic carbocycles. The lowest BCUT2D eigenvalue weighted by Gasteiger charge is -2.20. The number of rotatable bonds is 5. The Morgan fingerprint density at radius 1 is 1.60 bits per heavy atom. The van der Waals surface area contributed by atoms with Crippen molar-refractivity contribution in [2.24, 2.45) is 10.9 Å². The number of hydrogen-bond acceptors (Lipinski definition) is 5. The maximum Gasteiger partial charge on any atom is 0.156 e. The summed E-state index contributed by atoms with van der Waals surface area (Å²) in [6, 6.07) is 0. The van der Waals surface area contributed by atoms with E-state index in [-0.39, 0.29) is 6.10 Å². The van der Waals surface area contributed by atoms with E-state index in [1.165, 1.54) is 0 Å². The van der Waals surface area contributed by atoms with E-state index in [0.29, 0.717) is 12.5 Å². The van der Waals surface area contributed by atoms with Crippen LogP contribution in [0.15, 0.2) is 4.99 Å². The average Bonchev–Trinajstić information content (AvgIpc) is 2.26. The van der Waals surface area contributed by atoms with Gasteiger partial charge in [-0.15, -0.1) is 0 Å². The van der Waals surface area contributed by atoms with Crippen LogP contribution in [0.4, 0.5) is 0 Å². The van der Waals surface area contributed by atoms with Gasteiger partial charge in [-0.3, -0.25) is 4.99 Å². The number of hydrogen-bond donors (Lipinski definition) is 1. The number of nitrogens with zero attached hydrogens (tertiary/aromatic N) is 1. The van der Waals surface area contributed by atoms with Gasteiger partial charge in [0.2, 0.25) is 0 Å². The van der Waals surface area contributed by atoms with Crippen LogP contribution in [0.25, 0.3) is 0 Å². The summed E-state index contributed by atoms with van der Waals surface area (Å²) in [7, 11) is 3.38. The van der Waals surface area contributed by atoms with Crippen LogP contribution in [-0.4, -0.2) is 50.9 Å². The fourth-order valence-corrected chi connectivity index (χ4v) is 2.16. The Balaban J connectivity index is 2.23. The summed E-state index contributed by atoms with van der Waals surface area (Å²) in [6.45, 7) is 4.51. The summed E-state index contributed by atoms with van der Waals surface area (Å²) >= 11 is 1.78. The largest absolute Gasteiger partial charge is 0.382 e. The summed E-state index contributed by atoms with van der Waals surface area (Å²) in [5.74, 6) is 1.84. The highest BCUT2D eigenvalue weighted by Crippen LogP contribution is 2.15. The molecule has 2 unspecified atom stereocenters. The van der Waals surface area contributed by atoms with Gasteiger partial charge >= 0.3 is 0 Å². The molecule has 0 saturated heterocycles. The van der Waals surface area contributed by atoms with Gasteiger partial charge in [-0.1, -0.05) is 18.7 Å². The third kappa shape index (κ3) is 4.86. The summed E-state index contributed by atoms with van der Waals surface area (Å²) in [4.78, 5) is 4.45. The first-order valence-electron chi connectivity index (χ1n) is 5.19. The first-order chi connectivity index (χ1) is 7.26. The zero-order valence-electron chi connectivity index (χ0n) is 9.66. The molecule has 88 valence electrons. The molecule has 1 N–H and O–H groups in total. The van der Waals surface area contributed by atoms with E-state index >= 15 is 0 Å². The van der Waals surface area contributed by atoms with E-state index < -0.39 is 0 Å². The maximum atomic E-state index is 5.25. The highest BCUT2D eigenvalue weighted by molar-refractivity contribution is 8.13. The van der Waals surface area contributed by atoms with E-state index in [1.54, 1.807) is 26.0 Å². The van der Waals surface area contributed by atoms with E-state index in [9.17, 15) is 0 Å². The molecule has 0 saturated carbocycles. The van der Waals surface area contributed by atoms with Gasteiger partial charge in [0.25, 0.3) is 0 Å². The Morgan fingerprint density at radius 3 is 2.93 bits per heavy atom. The molecule has 0 radical (unpaired) electrons. The predicted molar refractivity (Wildman–Crippen MR) is 64.6 cm³/mol. The topological polar surface area (TPSA) is 42.8 Å². The van der Waals surface area contributed by atoms with Gasteiger partial charge in [0, 0.05) is 33.1 Å². The minimum Gasteiger partial charge on any atom is -0.382 e. The molecule has 5 heteroatoms. The highest BCUT2D eigenvalue weighted by Gasteiger charge is 2.13. The quantitative estimate of drug-likeness (QED) is 0.767. The molecule has 0 amide bonds. The van der Waals surface area contributed by atoms with Crippen molar-refractivity contribution in [1.29, 1.82) is 0 Å². The van der Waals surface area contributed by atoms with Gasteiger partial charge < -0.3 is 14.8 Å². The van der Waals surface area contributed by atoms with Crippen molar-refractivity contribution < 1.29 is 9.47 Å². The molecule has 0 aromatic rings. The van der Waals surface area contributed by atoms with Crippen molar-refractivity contribution >= 4 is 16.9 Å². The number of aliphatic imine (C=N–C) groups is 1. The Hall–Kier alpha value is -0.260. The molecule has 0 fully saturated rings. The summed E-state index contributed by atoms with van der Waals surface area (Å²) in [6.07, 6.45) is 0.0950. The Morgan fingerprint density at radius 2 is 2.40 bits per heavy atom. The van der Waals surface area contributed by atoms with Gasteiger partial charge in [0.15, 0.2) is 5.17 Å². The zero-order chi connectivity index (χ0) is 11.1. The lowest BCUT2D eigenvalue weighted by molar-refractivity contribution is 0.0316. The Kier molecular flexibility index (Phi) is 6.05. The summed E-state index contributed by atoms with van der Waals surface area (Å²) < 4.78 is 10.3. The number of nitrogens with one attached hydrogen (secondary N) is 1. The molecule has 1 rings (SSSR count). The molecule has 0 spiro atoms. The van der Waals surface area contributed by atoms with Crippen LogP contribution in [0.5, 0.6) is 0 Å². The Labute approximate surface area is 95.8 Å². The van der Waals surface area contributed by atoms with E-state index in [4.69, 9.17) is 9.47 Å². The van der Waals surface area contributed by atoms with Gasteiger partial charge in [-0.2, -0.15) is 0 Å². The van der Waals surface area contributed by atoms with Gasteiger partial charge in [-0.25, -0.2) is 0 Å². The lowest BCUT2D eigenvalue weighted by atomic mass is 10.2.